The highest BCUT2D eigenvalue weighted by Gasteiger charge is 2.30. The molecule has 6 rings (SSSR count). The third-order valence-electron chi connectivity index (χ3n) is 7.45. The first kappa shape index (κ1) is 21.9. The number of ether oxygens (including phenoxy) is 1. The van der Waals surface area contributed by atoms with Gasteiger partial charge in [0.25, 0.3) is 5.91 Å². The summed E-state index contributed by atoms with van der Waals surface area (Å²) < 4.78 is 5.33. The number of aromatic nitrogens is 2. The van der Waals surface area contributed by atoms with Gasteiger partial charge >= 0.3 is 0 Å². The summed E-state index contributed by atoms with van der Waals surface area (Å²) in [6.07, 6.45) is 4.11. The van der Waals surface area contributed by atoms with Gasteiger partial charge in [-0.2, -0.15) is 4.98 Å². The number of methoxy groups -OCH3 is 1. The summed E-state index contributed by atoms with van der Waals surface area (Å²) in [6, 6.07) is 16.1. The van der Waals surface area contributed by atoms with Crippen molar-refractivity contribution in [2.45, 2.75) is 38.8 Å². The van der Waals surface area contributed by atoms with Crippen LogP contribution in [0.25, 0.3) is 0 Å². The summed E-state index contributed by atoms with van der Waals surface area (Å²) in [5.41, 5.74) is 5.63. The van der Waals surface area contributed by atoms with E-state index in [-0.39, 0.29) is 5.91 Å². The van der Waals surface area contributed by atoms with E-state index in [9.17, 15) is 4.79 Å². The Balaban J connectivity index is 1.31. The Bertz CT molecular complexity index is 1250. The molecule has 0 atom stereocenters. The minimum atomic E-state index is 0.0265. The summed E-state index contributed by atoms with van der Waals surface area (Å²) in [5, 5.41) is 0. The predicted octanol–water partition coefficient (Wildman–Crippen LogP) is 3.85. The van der Waals surface area contributed by atoms with E-state index in [1.54, 1.807) is 7.11 Å². The van der Waals surface area contributed by atoms with Crippen LogP contribution in [0.2, 0.25) is 0 Å². The maximum Gasteiger partial charge on any atom is 0.254 e. The van der Waals surface area contributed by atoms with Crippen LogP contribution in [0.3, 0.4) is 0 Å². The van der Waals surface area contributed by atoms with Crippen molar-refractivity contribution in [1.29, 1.82) is 0 Å². The zero-order valence-corrected chi connectivity index (χ0v) is 20.2. The summed E-state index contributed by atoms with van der Waals surface area (Å²) in [6.45, 7) is 4.98. The molecule has 180 valence electrons. The summed E-state index contributed by atoms with van der Waals surface area (Å²) in [7, 11) is 1.62. The first-order chi connectivity index (χ1) is 17.2. The number of nitrogens with zero attached hydrogens (tertiary/aromatic N) is 5. The van der Waals surface area contributed by atoms with Crippen LogP contribution in [-0.4, -0.2) is 54.1 Å². The summed E-state index contributed by atoms with van der Waals surface area (Å²) in [4.78, 5) is 30.2. The lowest BCUT2D eigenvalue weighted by Gasteiger charge is -2.34. The third-order valence-corrected chi connectivity index (χ3v) is 7.45. The van der Waals surface area contributed by atoms with E-state index in [1.807, 2.05) is 29.2 Å². The molecule has 0 unspecified atom stereocenters. The van der Waals surface area contributed by atoms with Crippen molar-refractivity contribution in [1.82, 2.24) is 14.9 Å². The van der Waals surface area contributed by atoms with Gasteiger partial charge in [-0.3, -0.25) is 4.79 Å². The molecule has 3 aliphatic rings. The van der Waals surface area contributed by atoms with Gasteiger partial charge in [0.2, 0.25) is 5.95 Å². The van der Waals surface area contributed by atoms with E-state index in [0.29, 0.717) is 24.4 Å². The largest absolute Gasteiger partial charge is 0.497 e. The number of rotatable bonds is 4. The molecule has 0 aliphatic carbocycles. The van der Waals surface area contributed by atoms with Crippen molar-refractivity contribution >= 4 is 17.7 Å². The molecule has 7 nitrogen and oxygen atoms in total. The molecule has 3 aromatic rings. The average Bonchev–Trinajstić information content (AvgIpc) is 3.46. The van der Waals surface area contributed by atoms with Crippen molar-refractivity contribution in [3.8, 4) is 5.75 Å². The molecule has 4 heterocycles. The number of carbonyl (C=O) groups excluding carboxylic acids is 1. The van der Waals surface area contributed by atoms with E-state index in [4.69, 9.17) is 14.7 Å². The molecule has 1 amide bonds. The minimum Gasteiger partial charge on any atom is -0.497 e. The van der Waals surface area contributed by atoms with Gasteiger partial charge in [0.1, 0.15) is 11.6 Å². The van der Waals surface area contributed by atoms with Crippen molar-refractivity contribution in [2.75, 3.05) is 43.1 Å². The summed E-state index contributed by atoms with van der Waals surface area (Å²) >= 11 is 0. The smallest absolute Gasteiger partial charge is 0.254 e. The second-order valence-corrected chi connectivity index (χ2v) is 9.62. The van der Waals surface area contributed by atoms with Crippen molar-refractivity contribution in [2.24, 2.45) is 0 Å². The van der Waals surface area contributed by atoms with Crippen molar-refractivity contribution in [3.05, 3.63) is 76.5 Å². The van der Waals surface area contributed by atoms with E-state index >= 15 is 0 Å². The Labute approximate surface area is 206 Å². The molecule has 0 radical (unpaired) electrons. The zero-order chi connectivity index (χ0) is 23.8. The fourth-order valence-electron chi connectivity index (χ4n) is 5.49. The Kier molecular flexibility index (Phi) is 5.76. The Morgan fingerprint density at radius 3 is 2.51 bits per heavy atom. The zero-order valence-electron chi connectivity index (χ0n) is 20.2. The van der Waals surface area contributed by atoms with Crippen LogP contribution in [0, 0.1) is 0 Å². The quantitative estimate of drug-likeness (QED) is 0.579. The van der Waals surface area contributed by atoms with Crippen LogP contribution in [0.1, 0.15) is 45.6 Å². The number of fused-ring (bicyclic) bond motifs is 2. The van der Waals surface area contributed by atoms with Gasteiger partial charge in [0.05, 0.1) is 19.3 Å². The highest BCUT2D eigenvalue weighted by Crippen LogP contribution is 2.33. The van der Waals surface area contributed by atoms with Gasteiger partial charge in [-0.15, -0.1) is 0 Å². The molecule has 1 saturated heterocycles. The highest BCUT2D eigenvalue weighted by atomic mass is 16.5. The number of benzene rings is 2. The maximum absolute atomic E-state index is 13.3. The molecular formula is C28H31N5O2. The van der Waals surface area contributed by atoms with Crippen LogP contribution in [-0.2, 0) is 25.9 Å². The van der Waals surface area contributed by atoms with Crippen LogP contribution < -0.4 is 14.5 Å². The Hall–Kier alpha value is -3.61. The van der Waals surface area contributed by atoms with Crippen LogP contribution in [0.5, 0.6) is 5.75 Å². The van der Waals surface area contributed by atoms with Crippen LogP contribution in [0.4, 0.5) is 11.8 Å². The Morgan fingerprint density at radius 1 is 0.857 bits per heavy atom. The van der Waals surface area contributed by atoms with E-state index in [1.165, 1.54) is 24.0 Å². The first-order valence-corrected chi connectivity index (χ1v) is 12.6. The molecule has 0 N–H and O–H groups in total. The molecule has 3 aliphatic heterocycles. The molecule has 35 heavy (non-hydrogen) atoms. The lowest BCUT2D eigenvalue weighted by atomic mass is 10.00. The monoisotopic (exact) mass is 469 g/mol. The minimum absolute atomic E-state index is 0.0265. The fraction of sp³-hybridized carbons (Fsp3) is 0.393. The molecule has 1 aromatic heterocycles. The lowest BCUT2D eigenvalue weighted by molar-refractivity contribution is 0.0733. The fourth-order valence-corrected chi connectivity index (χ4v) is 5.49. The molecule has 2 aromatic carbocycles. The molecule has 0 bridgehead atoms. The van der Waals surface area contributed by atoms with Gasteiger partial charge in [-0.1, -0.05) is 30.3 Å². The van der Waals surface area contributed by atoms with E-state index in [0.717, 1.165) is 62.0 Å². The molecular weight excluding hydrogens is 438 g/mol. The lowest BCUT2D eigenvalue weighted by Crippen LogP contribution is -2.39. The molecule has 1 fully saturated rings. The van der Waals surface area contributed by atoms with Crippen LogP contribution >= 0.6 is 0 Å². The SMILES string of the molecule is COc1cccc(C(=O)N2CCc3nc(N4CCc5ccccc5C4)nc(N4CCCC4)c3C2)c1. The average molecular weight is 470 g/mol. The molecule has 0 saturated carbocycles. The van der Waals surface area contributed by atoms with Gasteiger partial charge in [-0.05, 0) is 48.6 Å². The standard InChI is InChI=1S/C28H31N5O2/c1-35-23-10-6-9-21(17-23)27(34)32-16-12-25-24(19-32)26(31-13-4-5-14-31)30-28(29-25)33-15-11-20-7-2-3-8-22(20)18-33/h2-3,6-10,17H,4-5,11-16,18-19H2,1H3. The highest BCUT2D eigenvalue weighted by molar-refractivity contribution is 5.94. The van der Waals surface area contributed by atoms with Gasteiger partial charge < -0.3 is 19.4 Å². The number of amides is 1. The maximum atomic E-state index is 13.3. The number of carbonyl (C=O) groups is 1. The van der Waals surface area contributed by atoms with E-state index in [2.05, 4.69) is 34.1 Å². The molecule has 7 heteroatoms. The molecule has 0 spiro atoms. The van der Waals surface area contributed by atoms with Crippen LogP contribution in [0.15, 0.2) is 48.5 Å². The summed E-state index contributed by atoms with van der Waals surface area (Å²) in [5.74, 6) is 2.57. The van der Waals surface area contributed by atoms with Gasteiger partial charge in [0.15, 0.2) is 0 Å². The Morgan fingerprint density at radius 2 is 1.69 bits per heavy atom. The topological polar surface area (TPSA) is 61.8 Å². The van der Waals surface area contributed by atoms with E-state index < -0.39 is 0 Å². The number of hydrogen-bond acceptors (Lipinski definition) is 6. The predicted molar refractivity (Wildman–Crippen MR) is 136 cm³/mol. The number of anilines is 2. The third kappa shape index (κ3) is 4.20. The first-order valence-electron chi connectivity index (χ1n) is 12.6. The van der Waals surface area contributed by atoms with Gasteiger partial charge in [0, 0.05) is 50.3 Å². The van der Waals surface area contributed by atoms with Crippen molar-refractivity contribution in [3.63, 3.8) is 0 Å². The van der Waals surface area contributed by atoms with Crippen molar-refractivity contribution < 1.29 is 9.53 Å². The normalized spacial score (nSPS) is 17.2. The second kappa shape index (κ2) is 9.21. The van der Waals surface area contributed by atoms with Gasteiger partial charge in [-0.25, -0.2) is 4.98 Å². The second-order valence-electron chi connectivity index (χ2n) is 9.62. The number of hydrogen-bond donors (Lipinski definition) is 0.